The average Bonchev–Trinajstić information content (AvgIpc) is 0.772. The van der Waals surface area contributed by atoms with Gasteiger partial charge in [0, 0.05) is 0 Å². The third-order valence-corrected chi connectivity index (χ3v) is 15.5. The van der Waals surface area contributed by atoms with Gasteiger partial charge in [0.1, 0.15) is 0 Å². The maximum atomic E-state index is 15.9. The van der Waals surface area contributed by atoms with Crippen LogP contribution in [0.25, 0.3) is 134 Å². The molecule has 104 heavy (non-hydrogen) atoms. The molecule has 12 aromatic rings. The van der Waals surface area contributed by atoms with Crippen molar-refractivity contribution < 1.29 is 52.7 Å². The summed E-state index contributed by atoms with van der Waals surface area (Å²) in [6.07, 6.45) is 0. The molecule has 0 aliphatic heterocycles. The van der Waals surface area contributed by atoms with Crippen LogP contribution < -0.4 is 0 Å². The monoisotopic (exact) mass is 1720 g/mol. The zero-order chi connectivity index (χ0) is 76.1. The van der Waals surface area contributed by atoms with Crippen LogP contribution in [0.5, 0.6) is 0 Å². The lowest BCUT2D eigenvalue weighted by atomic mass is 9.93. The quantitative estimate of drug-likeness (QED) is 0.0806. The van der Waals surface area contributed by atoms with Gasteiger partial charge >= 0.3 is 0 Å². The number of benzene rings is 12. The van der Waals surface area contributed by atoms with Crippen molar-refractivity contribution in [3.8, 4) is 134 Å². The standard InChI is InChI=1S/C72H36F12.5CHCl3/c73-61-55-49-25-13-43(14-26-49)37-1-2-38(4-3-37)44-15-27-50(28-16-44)56-63(75)67(79)58(68(80)64(56)76)52-31-19-46(20-32-52)40-9-11-42(12-10-40)48-23-35-54(36-24-48)60-71(83)69(81)59(70(82)72(60)84)53-33-21-47(22-34-53)41-7-5-39(6-8-41)45-17-29-51(30-18-45)57(65(61)77)66(78)62(55)74;5*2-1(3)4/h1-36H;5*1H. The molecule has 0 amide bonds. The van der Waals surface area contributed by atoms with Crippen LogP contribution in [0, 0.1) is 69.8 Å². The summed E-state index contributed by atoms with van der Waals surface area (Å²) in [5.74, 6) is -19.2. The predicted molar refractivity (Wildman–Crippen MR) is 411 cm³/mol. The normalized spacial score (nSPS) is 11.1. The first-order chi connectivity index (χ1) is 49.3. The summed E-state index contributed by atoms with van der Waals surface area (Å²) in [5, 5.41) is 0. The van der Waals surface area contributed by atoms with Gasteiger partial charge in [0.05, 0.1) is 33.4 Å². The van der Waals surface area contributed by atoms with Crippen molar-refractivity contribution in [1.82, 2.24) is 0 Å². The van der Waals surface area contributed by atoms with E-state index in [-0.39, 0.29) is 33.4 Å². The van der Waals surface area contributed by atoms with Crippen molar-refractivity contribution in [3.63, 3.8) is 0 Å². The molecule has 0 unspecified atom stereocenters. The van der Waals surface area contributed by atoms with Gasteiger partial charge in [0.15, 0.2) is 91.3 Å². The summed E-state index contributed by atoms with van der Waals surface area (Å²) in [5.41, 5.74) is 1.26. The fourth-order valence-corrected chi connectivity index (χ4v) is 11.0. The molecule has 0 nitrogen and oxygen atoms in total. The van der Waals surface area contributed by atoms with Crippen LogP contribution in [0.1, 0.15) is 0 Å². The van der Waals surface area contributed by atoms with Crippen molar-refractivity contribution in [2.45, 2.75) is 21.5 Å². The van der Waals surface area contributed by atoms with Gasteiger partial charge in [-0.2, -0.15) is 0 Å². The molecule has 0 radical (unpaired) electrons. The number of hydrogen-bond donors (Lipinski definition) is 0. The van der Waals surface area contributed by atoms with Crippen LogP contribution in [-0.4, -0.2) is 21.5 Å². The Bertz CT molecular complexity index is 4000. The Kier molecular flexibility index (Phi) is 30.8. The summed E-state index contributed by atoms with van der Waals surface area (Å²) in [6.45, 7) is 0. The molecule has 0 heterocycles. The van der Waals surface area contributed by atoms with E-state index in [1.54, 1.807) is 72.8 Å². The van der Waals surface area contributed by atoms with E-state index < -0.39 is 125 Å². The summed E-state index contributed by atoms with van der Waals surface area (Å²) < 4.78 is 187. The molecule has 538 valence electrons. The molecule has 46 rings (SSSR count). The molecule has 0 saturated carbocycles. The van der Waals surface area contributed by atoms with Crippen LogP contribution in [0.2, 0.25) is 0 Å². The molecule has 0 fully saturated rings. The van der Waals surface area contributed by atoms with Gasteiger partial charge in [-0.05, 0) is 100 Å². The molecule has 0 spiro atoms. The molecule has 24 bridgehead atoms. The third kappa shape index (κ3) is 20.9. The highest BCUT2D eigenvalue weighted by Crippen LogP contribution is 2.43. The van der Waals surface area contributed by atoms with Crippen molar-refractivity contribution in [2.75, 3.05) is 0 Å². The fraction of sp³-hybridized carbons (Fsp3) is 0.0649. The molecular formula is C77H41Cl15F12. The van der Waals surface area contributed by atoms with Crippen LogP contribution >= 0.6 is 174 Å². The van der Waals surface area contributed by atoms with E-state index in [1.807, 2.05) is 0 Å². The summed E-state index contributed by atoms with van der Waals surface area (Å²) in [7, 11) is 0. The van der Waals surface area contributed by atoms with Gasteiger partial charge < -0.3 is 0 Å². The minimum atomic E-state index is -1.60. The van der Waals surface area contributed by atoms with Gasteiger partial charge in [-0.1, -0.05) is 392 Å². The number of rotatable bonds is 0. The Morgan fingerprint density at radius 1 is 0.115 bits per heavy atom. The van der Waals surface area contributed by atoms with E-state index in [4.69, 9.17) is 174 Å². The predicted octanol–water partition coefficient (Wildman–Crippen LogP) is 31.6. The lowest BCUT2D eigenvalue weighted by Crippen LogP contribution is -2.03. The highest BCUT2D eigenvalue weighted by atomic mass is 35.6. The Morgan fingerprint density at radius 3 is 0.221 bits per heavy atom. The van der Waals surface area contributed by atoms with Crippen LogP contribution in [0.3, 0.4) is 0 Å². The van der Waals surface area contributed by atoms with Crippen molar-refractivity contribution in [1.29, 1.82) is 0 Å². The lowest BCUT2D eigenvalue weighted by molar-refractivity contribution is 0.463. The topological polar surface area (TPSA) is 0 Å². The van der Waals surface area contributed by atoms with Crippen molar-refractivity contribution in [2.24, 2.45) is 0 Å². The summed E-state index contributed by atoms with van der Waals surface area (Å²) in [6, 6.07) is 55.2. The molecule has 0 aromatic heterocycles. The molecule has 27 heteroatoms. The molecule has 34 aliphatic rings. The van der Waals surface area contributed by atoms with Gasteiger partial charge in [0.25, 0.3) is 0 Å². The Morgan fingerprint density at radius 2 is 0.163 bits per heavy atom. The van der Waals surface area contributed by atoms with E-state index in [0.29, 0.717) is 66.8 Å². The minimum Gasteiger partial charge on any atom is -0.203 e. The molecule has 0 N–H and O–H groups in total. The Labute approximate surface area is 663 Å². The number of hydrogen-bond acceptors (Lipinski definition) is 0. The van der Waals surface area contributed by atoms with E-state index >= 15 is 52.7 Å². The largest absolute Gasteiger partial charge is 0.203 e. The molecule has 12 aromatic carbocycles. The van der Waals surface area contributed by atoms with E-state index in [0.717, 1.165) is 0 Å². The molecular weight excluding hydrogens is 1680 g/mol. The fourth-order valence-electron chi connectivity index (χ4n) is 11.0. The third-order valence-electron chi connectivity index (χ3n) is 15.5. The van der Waals surface area contributed by atoms with Crippen molar-refractivity contribution >= 4 is 174 Å². The summed E-state index contributed by atoms with van der Waals surface area (Å²) in [4.78, 5) is 0. The minimum absolute atomic E-state index is 0.132. The zero-order valence-electron chi connectivity index (χ0n) is 51.9. The van der Waals surface area contributed by atoms with Gasteiger partial charge in [-0.15, -0.1) is 0 Å². The van der Waals surface area contributed by atoms with E-state index in [9.17, 15) is 0 Å². The maximum absolute atomic E-state index is 15.9. The van der Waals surface area contributed by atoms with E-state index in [1.165, 1.54) is 146 Å². The molecule has 34 aliphatic carbocycles. The van der Waals surface area contributed by atoms with Crippen LogP contribution in [0.4, 0.5) is 52.7 Å². The summed E-state index contributed by atoms with van der Waals surface area (Å²) >= 11 is 72.1. The average molecular weight is 1730 g/mol. The highest BCUT2D eigenvalue weighted by molar-refractivity contribution is 6.64. The Balaban J connectivity index is 0.000000610. The zero-order valence-corrected chi connectivity index (χ0v) is 63.2. The highest BCUT2D eigenvalue weighted by Gasteiger charge is 2.31. The van der Waals surface area contributed by atoms with Gasteiger partial charge in [-0.25, -0.2) is 52.7 Å². The number of halogens is 27. The van der Waals surface area contributed by atoms with E-state index in [2.05, 4.69) is 0 Å². The molecule has 0 saturated heterocycles. The maximum Gasteiger partial charge on any atom is 0.180 e. The smallest absolute Gasteiger partial charge is 0.180 e. The van der Waals surface area contributed by atoms with Crippen LogP contribution in [-0.2, 0) is 0 Å². The lowest BCUT2D eigenvalue weighted by Gasteiger charge is -2.14. The second-order valence-electron chi connectivity index (χ2n) is 21.5. The second-order valence-corrected chi connectivity index (χ2v) is 31.3. The van der Waals surface area contributed by atoms with Crippen LogP contribution in [0.15, 0.2) is 218 Å². The first-order valence-electron chi connectivity index (χ1n) is 29.4. The second kappa shape index (κ2) is 38.3. The van der Waals surface area contributed by atoms with Gasteiger partial charge in [-0.3, -0.25) is 0 Å². The SMILES string of the molecule is ClC(Cl)Cl.ClC(Cl)Cl.ClC(Cl)Cl.ClC(Cl)Cl.ClC(Cl)Cl.Fc1c(F)c2c(F)c(F)c1-c1ccc(cc1)-c1ccc(cc1)-c1ccc(cc1)-c1c(F)c(F)c(c(F)c1F)-c1ccc(cc1)-c1ccc(cc1)-c1ccc(cc1)-c1c(F)c(F)c(c(F)c1F)-c1ccc(cc1)-c1ccc(cc1)-c1ccc-2cc1. The number of alkyl halides is 15. The molecule has 0 atom stereocenters. The van der Waals surface area contributed by atoms with Gasteiger partial charge in [0.2, 0.25) is 0 Å². The first kappa shape index (κ1) is 83.8. The first-order valence-corrected chi connectivity index (χ1v) is 36.0. The van der Waals surface area contributed by atoms with Crippen molar-refractivity contribution in [3.05, 3.63) is 288 Å². The Hall–Kier alpha value is -5.85.